The second-order valence-corrected chi connectivity index (χ2v) is 3.99. The summed E-state index contributed by atoms with van der Waals surface area (Å²) < 4.78 is 6.79. The van der Waals surface area contributed by atoms with Gasteiger partial charge >= 0.3 is 0 Å². The minimum absolute atomic E-state index is 0.108. The molecule has 0 unspecified atom stereocenters. The van der Waals surface area contributed by atoms with E-state index in [0.29, 0.717) is 11.2 Å². The van der Waals surface area contributed by atoms with E-state index in [9.17, 15) is 10.2 Å². The van der Waals surface area contributed by atoms with Gasteiger partial charge in [0.1, 0.15) is 36.1 Å². The minimum atomic E-state index is -1.13. The smallest absolute Gasteiger partial charge is 0.207 e. The molecule has 1 saturated heterocycles. The van der Waals surface area contributed by atoms with E-state index in [-0.39, 0.29) is 11.6 Å². The van der Waals surface area contributed by atoms with E-state index in [4.69, 9.17) is 10.5 Å². The lowest BCUT2D eigenvalue weighted by atomic mass is 10.2. The van der Waals surface area contributed by atoms with Crippen LogP contribution in [0.4, 0.5) is 5.82 Å². The van der Waals surface area contributed by atoms with E-state index in [1.54, 1.807) is 0 Å². The van der Waals surface area contributed by atoms with Gasteiger partial charge in [-0.2, -0.15) is 0 Å². The predicted molar refractivity (Wildman–Crippen MR) is 61.0 cm³/mol. The zero-order valence-corrected chi connectivity index (χ0v) is 9.26. The highest BCUT2D eigenvalue weighted by Gasteiger charge is 2.40. The summed E-state index contributed by atoms with van der Waals surface area (Å²) in [7, 11) is 0. The second-order valence-electron chi connectivity index (χ2n) is 3.99. The number of aliphatic hydroxyl groups excluding tert-OH is 2. The molecule has 2 aromatic rings. The average molecular weight is 249 g/mol. The van der Waals surface area contributed by atoms with Crippen LogP contribution in [0.3, 0.4) is 0 Å². The standard InChI is InChI=1S/C10H11N5O3/c1-4-6(16)7(17)10(18-4)15-3-14-5-8(11)12-2-13-9(5)15/h2-3,6-7,10,16-17H,1H2,(H2,11,12,13)/t6-,7-,10-/m1/s1. The summed E-state index contributed by atoms with van der Waals surface area (Å²) in [5, 5.41) is 19.5. The molecule has 1 aliphatic heterocycles. The monoisotopic (exact) mass is 249 g/mol. The zero-order valence-electron chi connectivity index (χ0n) is 9.26. The molecule has 0 bridgehead atoms. The molecule has 3 rings (SSSR count). The summed E-state index contributed by atoms with van der Waals surface area (Å²) in [4.78, 5) is 11.9. The molecule has 0 radical (unpaired) electrons. The largest absolute Gasteiger partial charge is 0.469 e. The molecule has 8 nitrogen and oxygen atoms in total. The van der Waals surface area contributed by atoms with Crippen molar-refractivity contribution in [3.8, 4) is 0 Å². The van der Waals surface area contributed by atoms with Crippen LogP contribution in [0, 0.1) is 0 Å². The third-order valence-electron chi connectivity index (χ3n) is 2.88. The molecule has 3 heterocycles. The van der Waals surface area contributed by atoms with Crippen LogP contribution in [0.25, 0.3) is 11.2 Å². The SMILES string of the molecule is C=C1O[C@@H](n2cnc3c(N)ncnc32)[C@H](O)[C@@H]1O. The fourth-order valence-corrected chi connectivity index (χ4v) is 1.92. The van der Waals surface area contributed by atoms with Gasteiger partial charge in [-0.1, -0.05) is 6.58 Å². The number of aromatic nitrogens is 4. The van der Waals surface area contributed by atoms with Gasteiger partial charge in [-0.15, -0.1) is 0 Å². The summed E-state index contributed by atoms with van der Waals surface area (Å²) in [5.74, 6) is 0.349. The van der Waals surface area contributed by atoms with Gasteiger partial charge in [0.25, 0.3) is 0 Å². The maximum Gasteiger partial charge on any atom is 0.207 e. The Hall–Kier alpha value is -2.19. The second kappa shape index (κ2) is 3.65. The number of nitrogens with two attached hydrogens (primary N) is 1. The van der Waals surface area contributed by atoms with Gasteiger partial charge in [0, 0.05) is 0 Å². The number of anilines is 1. The predicted octanol–water partition coefficient (Wildman–Crippen LogP) is -0.827. The van der Waals surface area contributed by atoms with Crippen LogP contribution in [0.2, 0.25) is 0 Å². The average Bonchev–Trinajstić information content (AvgIpc) is 2.88. The first-order valence-corrected chi connectivity index (χ1v) is 5.24. The number of rotatable bonds is 1. The fourth-order valence-electron chi connectivity index (χ4n) is 1.92. The maximum atomic E-state index is 9.87. The van der Waals surface area contributed by atoms with E-state index in [1.807, 2.05) is 0 Å². The molecule has 0 aliphatic carbocycles. The van der Waals surface area contributed by atoms with Crippen LogP contribution in [-0.4, -0.2) is 41.9 Å². The van der Waals surface area contributed by atoms with Gasteiger partial charge in [0.05, 0.1) is 0 Å². The Morgan fingerprint density at radius 2 is 2.11 bits per heavy atom. The van der Waals surface area contributed by atoms with E-state index in [2.05, 4.69) is 21.5 Å². The molecule has 2 aromatic heterocycles. The number of imidazole rings is 1. The van der Waals surface area contributed by atoms with Crippen molar-refractivity contribution in [2.24, 2.45) is 0 Å². The van der Waals surface area contributed by atoms with Crippen molar-refractivity contribution >= 4 is 17.0 Å². The van der Waals surface area contributed by atoms with Crippen LogP contribution in [-0.2, 0) is 4.74 Å². The maximum absolute atomic E-state index is 9.87. The molecular formula is C10H11N5O3. The molecule has 0 saturated carbocycles. The van der Waals surface area contributed by atoms with Crippen molar-refractivity contribution in [2.75, 3.05) is 5.73 Å². The molecular weight excluding hydrogens is 238 g/mol. The van der Waals surface area contributed by atoms with Gasteiger partial charge in [-0.25, -0.2) is 15.0 Å². The number of fused-ring (bicyclic) bond motifs is 1. The Morgan fingerprint density at radius 1 is 1.33 bits per heavy atom. The molecule has 18 heavy (non-hydrogen) atoms. The van der Waals surface area contributed by atoms with Gasteiger partial charge in [-0.05, 0) is 0 Å². The summed E-state index contributed by atoms with van der Waals surface area (Å²) in [6.45, 7) is 3.52. The Kier molecular flexibility index (Phi) is 2.22. The lowest BCUT2D eigenvalue weighted by Gasteiger charge is -2.15. The zero-order chi connectivity index (χ0) is 12.9. The molecule has 0 spiro atoms. The normalized spacial score (nSPS) is 27.7. The molecule has 4 N–H and O–H groups in total. The highest BCUT2D eigenvalue weighted by Crippen LogP contribution is 2.32. The Balaban J connectivity index is 2.11. The number of ether oxygens (including phenoxy) is 1. The third-order valence-corrected chi connectivity index (χ3v) is 2.88. The van der Waals surface area contributed by atoms with E-state index in [1.165, 1.54) is 17.2 Å². The molecule has 0 amide bonds. The lowest BCUT2D eigenvalue weighted by molar-refractivity contribution is -0.0118. The Labute approximate surface area is 101 Å². The van der Waals surface area contributed by atoms with Crippen molar-refractivity contribution in [3.63, 3.8) is 0 Å². The molecule has 1 aliphatic rings. The van der Waals surface area contributed by atoms with Crippen molar-refractivity contribution in [3.05, 3.63) is 25.0 Å². The number of hydrogen-bond donors (Lipinski definition) is 3. The third kappa shape index (κ3) is 1.36. The summed E-state index contributed by atoms with van der Waals surface area (Å²) in [6.07, 6.45) is -0.373. The van der Waals surface area contributed by atoms with Gasteiger partial charge in [0.2, 0.25) is 6.23 Å². The summed E-state index contributed by atoms with van der Waals surface area (Å²) in [6, 6.07) is 0. The first-order valence-electron chi connectivity index (χ1n) is 5.24. The van der Waals surface area contributed by atoms with E-state index in [0.717, 1.165) is 0 Å². The van der Waals surface area contributed by atoms with Crippen molar-refractivity contribution in [1.82, 2.24) is 19.5 Å². The summed E-state index contributed by atoms with van der Waals surface area (Å²) >= 11 is 0. The van der Waals surface area contributed by atoms with Gasteiger partial charge in [-0.3, -0.25) is 4.57 Å². The minimum Gasteiger partial charge on any atom is -0.469 e. The fraction of sp³-hybridized carbons (Fsp3) is 0.300. The molecule has 0 aromatic carbocycles. The van der Waals surface area contributed by atoms with Crippen LogP contribution >= 0.6 is 0 Å². The highest BCUT2D eigenvalue weighted by atomic mass is 16.5. The van der Waals surface area contributed by atoms with Crippen LogP contribution < -0.4 is 5.73 Å². The molecule has 94 valence electrons. The Bertz CT molecular complexity index is 625. The van der Waals surface area contributed by atoms with Crippen molar-refractivity contribution < 1.29 is 14.9 Å². The van der Waals surface area contributed by atoms with Crippen LogP contribution in [0.15, 0.2) is 25.0 Å². The topological polar surface area (TPSA) is 119 Å². The van der Waals surface area contributed by atoms with E-state index < -0.39 is 18.4 Å². The van der Waals surface area contributed by atoms with E-state index >= 15 is 0 Å². The molecule has 3 atom stereocenters. The molecule has 1 fully saturated rings. The number of nitrogens with zero attached hydrogens (tertiary/aromatic N) is 4. The van der Waals surface area contributed by atoms with Crippen LogP contribution in [0.1, 0.15) is 6.23 Å². The number of nitrogen functional groups attached to an aromatic ring is 1. The lowest BCUT2D eigenvalue weighted by Crippen LogP contribution is -2.27. The highest BCUT2D eigenvalue weighted by molar-refractivity contribution is 5.81. The first kappa shape index (κ1) is 10.9. The van der Waals surface area contributed by atoms with Gasteiger partial charge in [0.15, 0.2) is 11.5 Å². The van der Waals surface area contributed by atoms with Gasteiger partial charge < -0.3 is 20.7 Å². The molecule has 8 heteroatoms. The first-order chi connectivity index (χ1) is 8.59. The number of hydrogen-bond acceptors (Lipinski definition) is 7. The Morgan fingerprint density at radius 3 is 2.78 bits per heavy atom. The van der Waals surface area contributed by atoms with Crippen LogP contribution in [0.5, 0.6) is 0 Å². The number of aliphatic hydroxyl groups is 2. The summed E-state index contributed by atoms with van der Waals surface area (Å²) in [5.41, 5.74) is 6.50. The van der Waals surface area contributed by atoms with Crippen molar-refractivity contribution in [2.45, 2.75) is 18.4 Å². The van der Waals surface area contributed by atoms with Crippen molar-refractivity contribution in [1.29, 1.82) is 0 Å². The quantitative estimate of drug-likeness (QED) is 0.603.